The highest BCUT2D eigenvalue weighted by atomic mass is 35.5. The summed E-state index contributed by atoms with van der Waals surface area (Å²) in [6.45, 7) is 1.89. The second kappa shape index (κ2) is 8.33. The molecule has 3 rings (SSSR count). The van der Waals surface area contributed by atoms with Crippen LogP contribution in [0.15, 0.2) is 58.2 Å². The topological polar surface area (TPSA) is 68.0 Å². The van der Waals surface area contributed by atoms with Gasteiger partial charge in [-0.05, 0) is 48.9 Å². The van der Waals surface area contributed by atoms with Crippen LogP contribution in [0.25, 0.3) is 11.5 Å². The van der Waals surface area contributed by atoms with E-state index in [1.807, 2.05) is 19.1 Å². The Labute approximate surface area is 159 Å². The molecule has 0 aliphatic carbocycles. The summed E-state index contributed by atoms with van der Waals surface area (Å²) in [7, 11) is 0. The molecule has 0 aliphatic heterocycles. The molecular weight excluding hydrogens is 377 g/mol. The smallest absolute Gasteiger partial charge is 0.277 e. The van der Waals surface area contributed by atoms with Gasteiger partial charge < -0.3 is 9.73 Å². The standard InChI is InChI=1S/C18H15ClFN3O2S/c1-11(12-2-6-14(19)7-3-12)21-16(24)10-26-18-23-22-17(25-18)13-4-8-15(20)9-5-13/h2-9,11H,10H2,1H3,(H,21,24)/t11-/m0/s1. The molecule has 1 N–H and O–H groups in total. The zero-order chi connectivity index (χ0) is 18.5. The average Bonchev–Trinajstić information content (AvgIpc) is 3.10. The lowest BCUT2D eigenvalue weighted by Crippen LogP contribution is -2.28. The second-order valence-corrected chi connectivity index (χ2v) is 6.87. The molecule has 1 aromatic heterocycles. The molecule has 0 fully saturated rings. The molecule has 0 spiro atoms. The second-order valence-electron chi connectivity index (χ2n) is 5.51. The number of hydrogen-bond acceptors (Lipinski definition) is 5. The maximum Gasteiger partial charge on any atom is 0.277 e. The molecule has 0 aliphatic rings. The Kier molecular flexibility index (Phi) is 5.90. The summed E-state index contributed by atoms with van der Waals surface area (Å²) >= 11 is 7.00. The molecule has 0 unspecified atom stereocenters. The fourth-order valence-corrected chi connectivity index (χ4v) is 2.92. The van der Waals surface area contributed by atoms with Gasteiger partial charge in [0, 0.05) is 10.6 Å². The highest BCUT2D eigenvalue weighted by molar-refractivity contribution is 7.99. The number of carbonyl (C=O) groups excluding carboxylic acids is 1. The quantitative estimate of drug-likeness (QED) is 0.626. The molecule has 0 saturated carbocycles. The Bertz CT molecular complexity index is 884. The highest BCUT2D eigenvalue weighted by Crippen LogP contribution is 2.23. The van der Waals surface area contributed by atoms with E-state index in [-0.39, 0.29) is 34.6 Å². The van der Waals surface area contributed by atoms with Crippen LogP contribution >= 0.6 is 23.4 Å². The lowest BCUT2D eigenvalue weighted by Gasteiger charge is -2.13. The number of rotatable bonds is 6. The van der Waals surface area contributed by atoms with E-state index in [2.05, 4.69) is 15.5 Å². The number of benzene rings is 2. The molecule has 2 aromatic carbocycles. The molecule has 1 heterocycles. The summed E-state index contributed by atoms with van der Waals surface area (Å²) in [4.78, 5) is 12.1. The van der Waals surface area contributed by atoms with Gasteiger partial charge in [-0.3, -0.25) is 4.79 Å². The van der Waals surface area contributed by atoms with Gasteiger partial charge >= 0.3 is 0 Å². The van der Waals surface area contributed by atoms with Gasteiger partial charge in [0.15, 0.2) is 0 Å². The zero-order valence-corrected chi connectivity index (χ0v) is 15.4. The first-order valence-electron chi connectivity index (χ1n) is 7.78. The van der Waals surface area contributed by atoms with Crippen LogP contribution in [0.2, 0.25) is 5.02 Å². The first-order chi connectivity index (χ1) is 12.5. The van der Waals surface area contributed by atoms with Gasteiger partial charge in [-0.1, -0.05) is 35.5 Å². The minimum atomic E-state index is -0.339. The van der Waals surface area contributed by atoms with E-state index in [0.717, 1.165) is 17.3 Å². The summed E-state index contributed by atoms with van der Waals surface area (Å²) in [5, 5.41) is 11.6. The normalized spacial score (nSPS) is 12.0. The third-order valence-electron chi connectivity index (χ3n) is 3.57. The van der Waals surface area contributed by atoms with Gasteiger partial charge in [0.05, 0.1) is 11.8 Å². The van der Waals surface area contributed by atoms with Gasteiger partial charge in [-0.25, -0.2) is 4.39 Å². The third kappa shape index (κ3) is 4.83. The Morgan fingerprint density at radius 3 is 2.58 bits per heavy atom. The number of carbonyl (C=O) groups is 1. The van der Waals surface area contributed by atoms with Crippen LogP contribution in [0.4, 0.5) is 4.39 Å². The maximum absolute atomic E-state index is 12.9. The van der Waals surface area contributed by atoms with Crippen molar-refractivity contribution in [3.05, 3.63) is 64.9 Å². The summed E-state index contributed by atoms with van der Waals surface area (Å²) in [6, 6.07) is 12.9. The van der Waals surface area contributed by atoms with Crippen LogP contribution in [0.1, 0.15) is 18.5 Å². The van der Waals surface area contributed by atoms with Crippen LogP contribution in [0.3, 0.4) is 0 Å². The van der Waals surface area contributed by atoms with Crippen LogP contribution in [0.5, 0.6) is 0 Å². The largest absolute Gasteiger partial charge is 0.411 e. The van der Waals surface area contributed by atoms with Crippen molar-refractivity contribution < 1.29 is 13.6 Å². The van der Waals surface area contributed by atoms with Gasteiger partial charge in [0.2, 0.25) is 11.8 Å². The van der Waals surface area contributed by atoms with Crippen LogP contribution < -0.4 is 5.32 Å². The number of nitrogens with zero attached hydrogens (tertiary/aromatic N) is 2. The zero-order valence-electron chi connectivity index (χ0n) is 13.8. The molecule has 1 amide bonds. The lowest BCUT2D eigenvalue weighted by atomic mass is 10.1. The average molecular weight is 392 g/mol. The van der Waals surface area contributed by atoms with Crippen molar-refractivity contribution in [2.45, 2.75) is 18.2 Å². The Morgan fingerprint density at radius 2 is 1.88 bits per heavy atom. The van der Waals surface area contributed by atoms with Crippen molar-refractivity contribution in [1.29, 1.82) is 0 Å². The summed E-state index contributed by atoms with van der Waals surface area (Å²) in [6.07, 6.45) is 0. The minimum absolute atomic E-state index is 0.141. The molecule has 0 saturated heterocycles. The molecule has 0 bridgehead atoms. The third-order valence-corrected chi connectivity index (χ3v) is 4.64. The number of hydrogen-bond donors (Lipinski definition) is 1. The minimum Gasteiger partial charge on any atom is -0.411 e. The molecule has 3 aromatic rings. The number of amides is 1. The van der Waals surface area contributed by atoms with Crippen molar-refractivity contribution in [2.24, 2.45) is 0 Å². The van der Waals surface area contributed by atoms with E-state index in [1.165, 1.54) is 12.1 Å². The van der Waals surface area contributed by atoms with Crippen molar-refractivity contribution in [3.63, 3.8) is 0 Å². The maximum atomic E-state index is 12.9. The van der Waals surface area contributed by atoms with Crippen LogP contribution in [0, 0.1) is 5.82 Å². The lowest BCUT2D eigenvalue weighted by molar-refractivity contribution is -0.119. The number of halogens is 2. The number of thioether (sulfide) groups is 1. The molecule has 0 radical (unpaired) electrons. The number of aromatic nitrogens is 2. The fourth-order valence-electron chi connectivity index (χ4n) is 2.22. The SMILES string of the molecule is C[C@H](NC(=O)CSc1nnc(-c2ccc(F)cc2)o1)c1ccc(Cl)cc1. The van der Waals surface area contributed by atoms with E-state index in [4.69, 9.17) is 16.0 Å². The summed E-state index contributed by atoms with van der Waals surface area (Å²) in [5.74, 6) is -0.0704. The Hall–Kier alpha value is -2.38. The highest BCUT2D eigenvalue weighted by Gasteiger charge is 2.13. The van der Waals surface area contributed by atoms with E-state index < -0.39 is 0 Å². The predicted octanol–water partition coefficient (Wildman–Crippen LogP) is 4.50. The molecule has 8 heteroatoms. The van der Waals surface area contributed by atoms with Gasteiger partial charge in [-0.2, -0.15) is 0 Å². The van der Waals surface area contributed by atoms with Gasteiger partial charge in [-0.15, -0.1) is 10.2 Å². The Balaban J connectivity index is 1.53. The van der Waals surface area contributed by atoms with E-state index >= 15 is 0 Å². The van der Waals surface area contributed by atoms with E-state index in [9.17, 15) is 9.18 Å². The van der Waals surface area contributed by atoms with Crippen molar-refractivity contribution >= 4 is 29.3 Å². The predicted molar refractivity (Wildman–Crippen MR) is 98.4 cm³/mol. The molecule has 26 heavy (non-hydrogen) atoms. The molecule has 1 atom stereocenters. The molecule has 134 valence electrons. The summed E-state index contributed by atoms with van der Waals surface area (Å²) < 4.78 is 18.4. The van der Waals surface area contributed by atoms with E-state index in [1.54, 1.807) is 24.3 Å². The molecule has 5 nitrogen and oxygen atoms in total. The first-order valence-corrected chi connectivity index (χ1v) is 9.14. The van der Waals surface area contributed by atoms with E-state index in [0.29, 0.717) is 10.6 Å². The van der Waals surface area contributed by atoms with Crippen LogP contribution in [-0.4, -0.2) is 21.9 Å². The monoisotopic (exact) mass is 391 g/mol. The first kappa shape index (κ1) is 18.4. The van der Waals surface area contributed by atoms with Crippen molar-refractivity contribution in [1.82, 2.24) is 15.5 Å². The van der Waals surface area contributed by atoms with Crippen LogP contribution in [-0.2, 0) is 4.79 Å². The van der Waals surface area contributed by atoms with Gasteiger partial charge in [0.25, 0.3) is 5.22 Å². The summed E-state index contributed by atoms with van der Waals surface area (Å²) in [5.41, 5.74) is 1.58. The Morgan fingerprint density at radius 1 is 1.19 bits per heavy atom. The molecular formula is C18H15ClFN3O2S. The number of nitrogens with one attached hydrogen (secondary N) is 1. The fraction of sp³-hybridized carbons (Fsp3) is 0.167. The van der Waals surface area contributed by atoms with Crippen molar-refractivity contribution in [3.8, 4) is 11.5 Å². The van der Waals surface area contributed by atoms with Crippen molar-refractivity contribution in [2.75, 3.05) is 5.75 Å². The van der Waals surface area contributed by atoms with Gasteiger partial charge in [0.1, 0.15) is 5.82 Å².